The molecule has 0 unspecified atom stereocenters. The van der Waals surface area contributed by atoms with E-state index in [4.69, 9.17) is 10.2 Å². The van der Waals surface area contributed by atoms with Gasteiger partial charge in [0.25, 0.3) is 0 Å². The number of unbranched alkanes of at least 4 members (excludes halogenated alkanes) is 1. The minimum atomic E-state index is -1.65. The summed E-state index contributed by atoms with van der Waals surface area (Å²) in [5, 5.41) is 61.9. The summed E-state index contributed by atoms with van der Waals surface area (Å²) in [6, 6.07) is -2.52. The van der Waals surface area contributed by atoms with E-state index in [1.165, 1.54) is 24.3 Å². The van der Waals surface area contributed by atoms with E-state index < -0.39 is 116 Å². The van der Waals surface area contributed by atoms with Crippen LogP contribution < -0.4 is 37.2 Å². The van der Waals surface area contributed by atoms with Gasteiger partial charge in [-0.2, -0.15) is 12.6 Å². The number of carboxylic acids is 5. The number of amides is 7. The molecule has 0 radical (unpaired) electrons. The first-order chi connectivity index (χ1) is 25.8. The molecule has 23 heteroatoms. The number of anilines is 1. The number of nitrogens with one attached hydrogen (secondary N) is 7. The lowest BCUT2D eigenvalue weighted by Gasteiger charge is -2.22. The van der Waals surface area contributed by atoms with Crippen LogP contribution in [0.1, 0.15) is 57.4 Å². The molecule has 1 aromatic rings. The first kappa shape index (κ1) is 46.9. The Morgan fingerprint density at radius 3 is 1.65 bits per heavy atom. The lowest BCUT2D eigenvalue weighted by Crippen LogP contribution is -2.56. The van der Waals surface area contributed by atoms with Gasteiger partial charge in [0.1, 0.15) is 24.2 Å². The summed E-state index contributed by atoms with van der Waals surface area (Å²) in [6.07, 6.45) is -2.52. The predicted molar refractivity (Wildman–Crippen MR) is 192 cm³/mol. The van der Waals surface area contributed by atoms with E-state index in [0.29, 0.717) is 11.3 Å². The number of hydrogen-bond acceptors (Lipinski definition) is 11. The standard InChI is InChI=1S/C32H45N7O15S/c1-16(15-55)34-27(47)22(14-26(45)46)37-28(48)21(13-25(43)44)36-23(40)12-17-5-7-18(8-6-17)35-31(53)33-11-3-2-4-19(29(49)50)38-32(54)39-20(30(51)52)9-10-24(41)42/h5-8,16,19-22,55H,2-4,9-15H2,1H3,(H,34,47)(H,36,40)(H,37,48)(H,41,42)(H,43,44)(H,45,46)(H,49,50)(H,51,52)(H2,33,35,53)(H2,38,39,54)/t16-,19+,20+,21+,22+/m1/s1. The van der Waals surface area contributed by atoms with Gasteiger partial charge in [-0.15, -0.1) is 0 Å². The van der Waals surface area contributed by atoms with Crippen molar-refractivity contribution in [1.29, 1.82) is 0 Å². The van der Waals surface area contributed by atoms with Crippen molar-refractivity contribution in [2.24, 2.45) is 0 Å². The molecular weight excluding hydrogens is 754 g/mol. The van der Waals surface area contributed by atoms with Gasteiger partial charge >= 0.3 is 41.9 Å². The maximum absolute atomic E-state index is 12.9. The highest BCUT2D eigenvalue weighted by atomic mass is 32.1. The third-order valence-electron chi connectivity index (χ3n) is 7.34. The van der Waals surface area contributed by atoms with Crippen LogP contribution in [0.5, 0.6) is 0 Å². The van der Waals surface area contributed by atoms with E-state index in [-0.39, 0.29) is 38.0 Å². The van der Waals surface area contributed by atoms with E-state index in [2.05, 4.69) is 44.5 Å². The minimum absolute atomic E-state index is 0.0753. The molecule has 22 nitrogen and oxygen atoms in total. The molecule has 0 aromatic heterocycles. The first-order valence-corrected chi connectivity index (χ1v) is 17.3. The molecule has 0 aliphatic rings. The number of carbonyl (C=O) groups is 10. The third kappa shape index (κ3) is 20.1. The number of urea groups is 2. The summed E-state index contributed by atoms with van der Waals surface area (Å²) in [7, 11) is 0. The normalized spacial score (nSPS) is 13.3. The van der Waals surface area contributed by atoms with Crippen molar-refractivity contribution >= 4 is 77.9 Å². The fourth-order valence-electron chi connectivity index (χ4n) is 4.56. The van der Waals surface area contributed by atoms with Crippen LogP contribution in [0.4, 0.5) is 15.3 Å². The zero-order valence-corrected chi connectivity index (χ0v) is 30.4. The van der Waals surface area contributed by atoms with Gasteiger partial charge in [-0.1, -0.05) is 12.1 Å². The van der Waals surface area contributed by atoms with Gasteiger partial charge in [0, 0.05) is 30.4 Å². The van der Waals surface area contributed by atoms with Crippen LogP contribution in [-0.4, -0.2) is 128 Å². The maximum Gasteiger partial charge on any atom is 0.326 e. The summed E-state index contributed by atoms with van der Waals surface area (Å²) >= 11 is 4.02. The van der Waals surface area contributed by atoms with Gasteiger partial charge < -0.3 is 62.8 Å². The van der Waals surface area contributed by atoms with Crippen molar-refractivity contribution in [3.05, 3.63) is 29.8 Å². The van der Waals surface area contributed by atoms with Crippen molar-refractivity contribution in [2.45, 2.75) is 88.5 Å². The average molecular weight is 800 g/mol. The number of hydrogen-bond donors (Lipinski definition) is 13. The molecule has 0 saturated heterocycles. The monoisotopic (exact) mass is 799 g/mol. The Balaban J connectivity index is 2.63. The van der Waals surface area contributed by atoms with Crippen LogP contribution >= 0.6 is 12.6 Å². The fourth-order valence-corrected chi connectivity index (χ4v) is 4.65. The summed E-state index contributed by atoms with van der Waals surface area (Å²) in [5.41, 5.74) is 0.708. The number of carboxylic acid groups (broad SMARTS) is 5. The Morgan fingerprint density at radius 2 is 1.15 bits per heavy atom. The molecule has 7 amide bonds. The molecule has 5 atom stereocenters. The van der Waals surface area contributed by atoms with Crippen LogP contribution in [0.3, 0.4) is 0 Å². The highest BCUT2D eigenvalue weighted by Crippen LogP contribution is 2.11. The van der Waals surface area contributed by atoms with Crippen molar-refractivity contribution in [3.63, 3.8) is 0 Å². The first-order valence-electron chi connectivity index (χ1n) is 16.6. The highest BCUT2D eigenvalue weighted by molar-refractivity contribution is 7.80. The molecule has 1 aromatic carbocycles. The Kier molecular flexibility index (Phi) is 20.7. The molecule has 0 heterocycles. The minimum Gasteiger partial charge on any atom is -0.481 e. The van der Waals surface area contributed by atoms with Crippen molar-refractivity contribution in [3.8, 4) is 0 Å². The summed E-state index contributed by atoms with van der Waals surface area (Å²) in [6.45, 7) is 1.69. The highest BCUT2D eigenvalue weighted by Gasteiger charge is 2.30. The molecule has 12 N–H and O–H groups in total. The predicted octanol–water partition coefficient (Wildman–Crippen LogP) is -1.06. The SMILES string of the molecule is C[C@H](CS)NC(=O)[C@H](CC(=O)O)NC(=O)[C@H](CC(=O)O)NC(=O)Cc1ccc(NC(=O)NCCCC[C@H](NC(=O)N[C@@H](CCC(=O)O)C(=O)O)C(=O)O)cc1. The van der Waals surface area contributed by atoms with Gasteiger partial charge in [-0.3, -0.25) is 28.8 Å². The van der Waals surface area contributed by atoms with Crippen molar-refractivity contribution in [1.82, 2.24) is 31.9 Å². The second kappa shape index (κ2) is 24.2. The number of thiol groups is 1. The lowest BCUT2D eigenvalue weighted by atomic mass is 10.1. The molecular formula is C32H45N7O15S. The van der Waals surface area contributed by atoms with Gasteiger partial charge in [-0.05, 0) is 50.3 Å². The molecule has 304 valence electrons. The van der Waals surface area contributed by atoms with Crippen molar-refractivity contribution < 1.29 is 73.5 Å². The third-order valence-corrected chi connectivity index (χ3v) is 7.89. The Labute approximate surface area is 319 Å². The molecule has 0 spiro atoms. The topological polar surface area (TPSA) is 356 Å². The molecule has 0 bridgehead atoms. The van der Waals surface area contributed by atoms with Gasteiger partial charge in [0.05, 0.1) is 19.3 Å². The second-order valence-corrected chi connectivity index (χ2v) is 12.4. The summed E-state index contributed by atoms with van der Waals surface area (Å²) in [5.74, 6) is -9.52. The molecule has 0 saturated carbocycles. The number of rotatable bonds is 25. The maximum atomic E-state index is 12.9. The smallest absolute Gasteiger partial charge is 0.326 e. The van der Waals surface area contributed by atoms with Crippen LogP contribution in [-0.2, 0) is 44.8 Å². The Morgan fingerprint density at radius 1 is 0.618 bits per heavy atom. The lowest BCUT2D eigenvalue weighted by molar-refractivity contribution is -0.143. The van der Waals surface area contributed by atoms with Crippen LogP contribution in [0, 0.1) is 0 Å². The molecule has 0 aliphatic carbocycles. The van der Waals surface area contributed by atoms with E-state index in [1.54, 1.807) is 6.92 Å². The molecule has 1 rings (SSSR count). The van der Waals surface area contributed by atoms with Gasteiger partial charge in [-0.25, -0.2) is 19.2 Å². The van der Waals surface area contributed by atoms with E-state index in [9.17, 15) is 63.3 Å². The fraction of sp³-hybridized carbons (Fsp3) is 0.500. The molecule has 55 heavy (non-hydrogen) atoms. The number of benzene rings is 1. The number of carbonyl (C=O) groups excluding carboxylic acids is 5. The van der Waals surface area contributed by atoms with Crippen LogP contribution in [0.2, 0.25) is 0 Å². The summed E-state index contributed by atoms with van der Waals surface area (Å²) in [4.78, 5) is 119. The van der Waals surface area contributed by atoms with Crippen LogP contribution in [0.25, 0.3) is 0 Å². The second-order valence-electron chi connectivity index (χ2n) is 12.1. The largest absolute Gasteiger partial charge is 0.481 e. The van der Waals surface area contributed by atoms with Gasteiger partial charge in [0.15, 0.2) is 0 Å². The van der Waals surface area contributed by atoms with E-state index in [1.807, 2.05) is 5.32 Å². The van der Waals surface area contributed by atoms with Crippen LogP contribution in [0.15, 0.2) is 24.3 Å². The zero-order chi connectivity index (χ0) is 41.7. The quantitative estimate of drug-likeness (QED) is 0.0414. The van der Waals surface area contributed by atoms with Crippen molar-refractivity contribution in [2.75, 3.05) is 17.6 Å². The summed E-state index contributed by atoms with van der Waals surface area (Å²) < 4.78 is 0. The molecule has 0 aliphatic heterocycles. The Bertz CT molecular complexity index is 1560. The zero-order valence-electron chi connectivity index (χ0n) is 29.5. The average Bonchev–Trinajstić information content (AvgIpc) is 3.08. The Hall–Kier alpha value is -6.13. The van der Waals surface area contributed by atoms with Gasteiger partial charge in [0.2, 0.25) is 17.7 Å². The molecule has 0 fully saturated rings. The number of aliphatic carboxylic acids is 5. The van der Waals surface area contributed by atoms with E-state index in [0.717, 1.165) is 0 Å². The van der Waals surface area contributed by atoms with E-state index >= 15 is 0 Å².